The van der Waals surface area contributed by atoms with Gasteiger partial charge in [-0.05, 0) is 36.6 Å². The molecule has 3 rings (SSSR count). The van der Waals surface area contributed by atoms with Crippen molar-refractivity contribution in [1.82, 2.24) is 4.31 Å². The zero-order valence-electron chi connectivity index (χ0n) is 13.8. The van der Waals surface area contributed by atoms with Gasteiger partial charge in [-0.3, -0.25) is 0 Å². The van der Waals surface area contributed by atoms with Gasteiger partial charge in [0.2, 0.25) is 10.0 Å². The number of ether oxygens (including phenoxy) is 1. The van der Waals surface area contributed by atoms with Crippen molar-refractivity contribution in [2.75, 3.05) is 7.11 Å². The average Bonchev–Trinajstić information content (AvgIpc) is 3.44. The molecule has 132 valence electrons. The standard InChI is InChI=1S/C18H19NO5S/c1-24-16-10-7-14(18(20)21)11-17(16)25(22,23)19(15-8-9-15)12-13-5-3-2-4-6-13/h2-7,10-11,15H,8-9,12H2,1H3,(H,20,21). The van der Waals surface area contributed by atoms with Gasteiger partial charge in [0.15, 0.2) is 0 Å². The lowest BCUT2D eigenvalue weighted by molar-refractivity contribution is 0.0696. The summed E-state index contributed by atoms with van der Waals surface area (Å²) in [5.41, 5.74) is 0.793. The second kappa shape index (κ2) is 6.85. The molecule has 7 heteroatoms. The maximum Gasteiger partial charge on any atom is 0.335 e. The SMILES string of the molecule is COc1ccc(C(=O)O)cc1S(=O)(=O)N(Cc1ccccc1)C1CC1. The van der Waals surface area contributed by atoms with Crippen LogP contribution in [0, 0.1) is 0 Å². The molecule has 0 spiro atoms. The summed E-state index contributed by atoms with van der Waals surface area (Å²) in [4.78, 5) is 11.1. The summed E-state index contributed by atoms with van der Waals surface area (Å²) >= 11 is 0. The third-order valence-electron chi connectivity index (χ3n) is 4.13. The molecule has 2 aromatic carbocycles. The van der Waals surface area contributed by atoms with Crippen LogP contribution < -0.4 is 4.74 Å². The zero-order valence-corrected chi connectivity index (χ0v) is 14.6. The van der Waals surface area contributed by atoms with E-state index in [-0.39, 0.29) is 28.8 Å². The third-order valence-corrected chi connectivity index (χ3v) is 6.05. The van der Waals surface area contributed by atoms with E-state index in [1.54, 1.807) is 0 Å². The first-order valence-electron chi connectivity index (χ1n) is 7.90. The maximum absolute atomic E-state index is 13.2. The van der Waals surface area contributed by atoms with Crippen LogP contribution in [0.3, 0.4) is 0 Å². The van der Waals surface area contributed by atoms with E-state index in [9.17, 15) is 18.3 Å². The lowest BCUT2D eigenvalue weighted by Gasteiger charge is -2.23. The fourth-order valence-electron chi connectivity index (χ4n) is 2.67. The Morgan fingerprint density at radius 1 is 1.20 bits per heavy atom. The van der Waals surface area contributed by atoms with E-state index in [4.69, 9.17) is 4.74 Å². The summed E-state index contributed by atoms with van der Waals surface area (Å²) in [5.74, 6) is -1.04. The summed E-state index contributed by atoms with van der Waals surface area (Å²) in [6.07, 6.45) is 1.60. The molecule has 1 aliphatic carbocycles. The van der Waals surface area contributed by atoms with Gasteiger partial charge in [-0.2, -0.15) is 4.31 Å². The topological polar surface area (TPSA) is 83.9 Å². The summed E-state index contributed by atoms with van der Waals surface area (Å²) in [7, 11) is -2.52. The number of carboxylic acids is 1. The number of methoxy groups -OCH3 is 1. The monoisotopic (exact) mass is 361 g/mol. The highest BCUT2D eigenvalue weighted by Crippen LogP contribution is 2.36. The molecule has 6 nitrogen and oxygen atoms in total. The third kappa shape index (κ3) is 3.67. The number of carbonyl (C=O) groups is 1. The Bertz CT molecular complexity index is 876. The van der Waals surface area contributed by atoms with Gasteiger partial charge < -0.3 is 9.84 Å². The molecule has 0 bridgehead atoms. The van der Waals surface area contributed by atoms with E-state index >= 15 is 0 Å². The largest absolute Gasteiger partial charge is 0.495 e. The molecule has 0 radical (unpaired) electrons. The van der Waals surface area contributed by atoms with Gasteiger partial charge in [0.1, 0.15) is 10.6 Å². The molecule has 0 amide bonds. The second-order valence-electron chi connectivity index (χ2n) is 5.94. The summed E-state index contributed by atoms with van der Waals surface area (Å²) in [6.45, 7) is 0.244. The first kappa shape index (κ1) is 17.4. The molecular weight excluding hydrogens is 342 g/mol. The molecule has 0 aromatic heterocycles. The highest BCUT2D eigenvalue weighted by molar-refractivity contribution is 7.89. The van der Waals surface area contributed by atoms with Crippen LogP contribution in [-0.4, -0.2) is 37.0 Å². The number of sulfonamides is 1. The predicted molar refractivity (Wildman–Crippen MR) is 92.1 cm³/mol. The highest BCUT2D eigenvalue weighted by Gasteiger charge is 2.39. The molecule has 0 aliphatic heterocycles. The van der Waals surface area contributed by atoms with Crippen LogP contribution in [0.15, 0.2) is 53.4 Å². The van der Waals surface area contributed by atoms with Crippen LogP contribution in [0.5, 0.6) is 5.75 Å². The molecule has 0 unspecified atom stereocenters. The van der Waals surface area contributed by atoms with Crippen LogP contribution in [0.25, 0.3) is 0 Å². The van der Waals surface area contributed by atoms with Gasteiger partial charge in [0.05, 0.1) is 12.7 Å². The Labute approximate surface area is 146 Å². The first-order chi connectivity index (χ1) is 11.9. The van der Waals surface area contributed by atoms with Crippen molar-refractivity contribution in [2.24, 2.45) is 0 Å². The number of hydrogen-bond acceptors (Lipinski definition) is 4. The maximum atomic E-state index is 13.2. The minimum absolute atomic E-state index is 0.0663. The number of nitrogens with zero attached hydrogens (tertiary/aromatic N) is 1. The van der Waals surface area contributed by atoms with Crippen molar-refractivity contribution in [3.63, 3.8) is 0 Å². The van der Waals surface area contributed by atoms with Gasteiger partial charge in [-0.15, -0.1) is 0 Å². The molecule has 0 saturated heterocycles. The van der Waals surface area contributed by atoms with E-state index < -0.39 is 16.0 Å². The Morgan fingerprint density at radius 3 is 2.44 bits per heavy atom. The van der Waals surface area contributed by atoms with Crippen LogP contribution in [0.1, 0.15) is 28.8 Å². The molecular formula is C18H19NO5S. The number of carboxylic acid groups (broad SMARTS) is 1. The van der Waals surface area contributed by atoms with Crippen LogP contribution in [-0.2, 0) is 16.6 Å². The van der Waals surface area contributed by atoms with Crippen molar-refractivity contribution < 1.29 is 23.1 Å². The van der Waals surface area contributed by atoms with Crippen LogP contribution >= 0.6 is 0 Å². The van der Waals surface area contributed by atoms with E-state index in [1.807, 2.05) is 30.3 Å². The normalized spacial score (nSPS) is 14.5. The molecule has 0 atom stereocenters. The van der Waals surface area contributed by atoms with Crippen molar-refractivity contribution in [3.8, 4) is 5.75 Å². The molecule has 1 fully saturated rings. The average molecular weight is 361 g/mol. The van der Waals surface area contributed by atoms with Gasteiger partial charge >= 0.3 is 5.97 Å². The van der Waals surface area contributed by atoms with E-state index in [1.165, 1.54) is 23.5 Å². The number of aromatic carboxylic acids is 1. The van der Waals surface area contributed by atoms with Crippen molar-refractivity contribution >= 4 is 16.0 Å². The first-order valence-corrected chi connectivity index (χ1v) is 9.34. The van der Waals surface area contributed by atoms with E-state index in [0.717, 1.165) is 24.5 Å². The van der Waals surface area contributed by atoms with Crippen LogP contribution in [0.4, 0.5) is 0 Å². The molecule has 25 heavy (non-hydrogen) atoms. The molecule has 0 heterocycles. The van der Waals surface area contributed by atoms with Gasteiger partial charge in [0, 0.05) is 12.6 Å². The summed E-state index contributed by atoms with van der Waals surface area (Å²) in [6, 6.07) is 13.1. The Balaban J connectivity index is 2.03. The Kier molecular flexibility index (Phi) is 4.78. The molecule has 2 aromatic rings. The zero-order chi connectivity index (χ0) is 18.0. The number of rotatable bonds is 7. The van der Waals surface area contributed by atoms with E-state index in [0.29, 0.717) is 0 Å². The lowest BCUT2D eigenvalue weighted by atomic mass is 10.2. The smallest absolute Gasteiger partial charge is 0.335 e. The fraction of sp³-hybridized carbons (Fsp3) is 0.278. The van der Waals surface area contributed by atoms with Crippen LogP contribution in [0.2, 0.25) is 0 Å². The van der Waals surface area contributed by atoms with E-state index in [2.05, 4.69) is 0 Å². The lowest BCUT2D eigenvalue weighted by Crippen LogP contribution is -2.33. The number of benzene rings is 2. The van der Waals surface area contributed by atoms with Gasteiger partial charge in [-0.1, -0.05) is 30.3 Å². The minimum atomic E-state index is -3.89. The van der Waals surface area contributed by atoms with Crippen molar-refractivity contribution in [3.05, 3.63) is 59.7 Å². The van der Waals surface area contributed by atoms with Crippen molar-refractivity contribution in [1.29, 1.82) is 0 Å². The molecule has 1 saturated carbocycles. The van der Waals surface area contributed by atoms with Crippen molar-refractivity contribution in [2.45, 2.75) is 30.3 Å². The molecule has 1 aliphatic rings. The quantitative estimate of drug-likeness (QED) is 0.820. The summed E-state index contributed by atoms with van der Waals surface area (Å²) in [5, 5.41) is 9.18. The Morgan fingerprint density at radius 2 is 1.88 bits per heavy atom. The fourth-order valence-corrected chi connectivity index (χ4v) is 4.53. The van der Waals surface area contributed by atoms with Gasteiger partial charge in [0.25, 0.3) is 0 Å². The minimum Gasteiger partial charge on any atom is -0.495 e. The highest BCUT2D eigenvalue weighted by atomic mass is 32.2. The number of hydrogen-bond donors (Lipinski definition) is 1. The molecule has 1 N–H and O–H groups in total. The second-order valence-corrected chi connectivity index (χ2v) is 7.80. The summed E-state index contributed by atoms with van der Waals surface area (Å²) < 4.78 is 33.1. The van der Waals surface area contributed by atoms with Gasteiger partial charge in [-0.25, -0.2) is 13.2 Å². The predicted octanol–water partition coefficient (Wildman–Crippen LogP) is 2.75. The Hall–Kier alpha value is -2.38.